The van der Waals surface area contributed by atoms with Crippen molar-refractivity contribution in [2.45, 2.75) is 25.6 Å². The fourth-order valence-electron chi connectivity index (χ4n) is 2.86. The van der Waals surface area contributed by atoms with E-state index < -0.39 is 17.8 Å². The highest BCUT2D eigenvalue weighted by Gasteiger charge is 2.31. The molecule has 1 unspecified atom stereocenters. The van der Waals surface area contributed by atoms with Crippen molar-refractivity contribution in [1.82, 2.24) is 9.97 Å². The van der Waals surface area contributed by atoms with Gasteiger partial charge in [-0.3, -0.25) is 0 Å². The topological polar surface area (TPSA) is 65.8 Å². The minimum atomic E-state index is -4.44. The van der Waals surface area contributed by atoms with Gasteiger partial charge in [0.05, 0.1) is 24.4 Å². The molecular weight excluding hydrogens is 399 g/mol. The minimum Gasteiger partial charge on any atom is -0.457 e. The van der Waals surface area contributed by atoms with E-state index in [4.69, 9.17) is 14.3 Å². The van der Waals surface area contributed by atoms with Crippen LogP contribution in [-0.2, 0) is 11.0 Å². The molecule has 0 bridgehead atoms. The molecule has 0 saturated carbocycles. The molecule has 0 amide bonds. The maximum Gasteiger partial charge on any atom is 0.416 e. The Bertz CT molecular complexity index is 1070. The van der Waals surface area contributed by atoms with Gasteiger partial charge in [-0.1, -0.05) is 23.4 Å². The SMILES string of the molecule is Cc1ccc(C2CC(Oc3cncnc3)=NO2)cc1Oc1cccc(C(F)(F)F)c1. The number of hydrogen-bond acceptors (Lipinski definition) is 6. The third kappa shape index (κ3) is 4.51. The number of aromatic nitrogens is 2. The van der Waals surface area contributed by atoms with Crippen molar-refractivity contribution in [2.75, 3.05) is 0 Å². The monoisotopic (exact) mass is 415 g/mol. The van der Waals surface area contributed by atoms with Crippen LogP contribution in [0.3, 0.4) is 0 Å². The van der Waals surface area contributed by atoms with E-state index >= 15 is 0 Å². The lowest BCUT2D eigenvalue weighted by Crippen LogP contribution is -2.08. The quantitative estimate of drug-likeness (QED) is 0.567. The molecule has 0 spiro atoms. The van der Waals surface area contributed by atoms with Crippen LogP contribution in [0.4, 0.5) is 13.2 Å². The molecular formula is C21H16F3N3O3. The molecule has 3 aromatic rings. The van der Waals surface area contributed by atoms with E-state index in [1.165, 1.54) is 30.9 Å². The molecule has 1 atom stereocenters. The van der Waals surface area contributed by atoms with E-state index in [-0.39, 0.29) is 5.75 Å². The first-order chi connectivity index (χ1) is 14.4. The lowest BCUT2D eigenvalue weighted by Gasteiger charge is -2.14. The predicted molar refractivity (Wildman–Crippen MR) is 101 cm³/mol. The van der Waals surface area contributed by atoms with Gasteiger partial charge in [-0.25, -0.2) is 9.97 Å². The molecule has 6 nitrogen and oxygen atoms in total. The number of nitrogens with zero attached hydrogens (tertiary/aromatic N) is 3. The summed E-state index contributed by atoms with van der Waals surface area (Å²) in [5.41, 5.74) is 0.759. The highest BCUT2D eigenvalue weighted by atomic mass is 19.4. The van der Waals surface area contributed by atoms with E-state index in [0.717, 1.165) is 23.3 Å². The van der Waals surface area contributed by atoms with Crippen molar-refractivity contribution in [3.8, 4) is 17.2 Å². The van der Waals surface area contributed by atoms with Crippen LogP contribution in [0.25, 0.3) is 0 Å². The second-order valence-corrected chi connectivity index (χ2v) is 6.61. The zero-order valence-corrected chi connectivity index (χ0v) is 15.8. The molecule has 0 saturated heterocycles. The highest BCUT2D eigenvalue weighted by molar-refractivity contribution is 5.79. The number of halogens is 3. The zero-order chi connectivity index (χ0) is 21.1. The van der Waals surface area contributed by atoms with Gasteiger partial charge in [-0.15, -0.1) is 0 Å². The van der Waals surface area contributed by atoms with Gasteiger partial charge in [0.25, 0.3) is 0 Å². The first kappa shape index (κ1) is 19.7. The molecule has 2 aromatic carbocycles. The van der Waals surface area contributed by atoms with Gasteiger partial charge >= 0.3 is 6.18 Å². The summed E-state index contributed by atoms with van der Waals surface area (Å²) in [6.45, 7) is 1.81. The average Bonchev–Trinajstić information content (AvgIpc) is 3.18. The normalized spacial score (nSPS) is 16.0. The second kappa shape index (κ2) is 8.02. The molecule has 0 N–H and O–H groups in total. The van der Waals surface area contributed by atoms with Gasteiger partial charge in [-0.2, -0.15) is 13.2 Å². The smallest absolute Gasteiger partial charge is 0.416 e. The fourth-order valence-corrected chi connectivity index (χ4v) is 2.86. The van der Waals surface area contributed by atoms with Gasteiger partial charge in [0.2, 0.25) is 5.90 Å². The molecule has 9 heteroatoms. The number of aryl methyl sites for hydroxylation is 1. The van der Waals surface area contributed by atoms with Crippen LogP contribution in [0.2, 0.25) is 0 Å². The Balaban J connectivity index is 1.48. The van der Waals surface area contributed by atoms with Crippen molar-refractivity contribution >= 4 is 5.90 Å². The number of oxime groups is 1. The van der Waals surface area contributed by atoms with Gasteiger partial charge in [0, 0.05) is 0 Å². The number of benzene rings is 2. The van der Waals surface area contributed by atoms with Crippen LogP contribution in [-0.4, -0.2) is 15.9 Å². The molecule has 1 aliphatic rings. The van der Waals surface area contributed by atoms with Gasteiger partial charge in [0.15, 0.2) is 11.9 Å². The fraction of sp³-hybridized carbons (Fsp3) is 0.190. The van der Waals surface area contributed by atoms with E-state index in [1.54, 1.807) is 6.07 Å². The summed E-state index contributed by atoms with van der Waals surface area (Å²) in [6, 6.07) is 10.1. The first-order valence-electron chi connectivity index (χ1n) is 9.00. The number of alkyl halides is 3. The Hall–Kier alpha value is -3.62. The predicted octanol–water partition coefficient (Wildman–Crippen LogP) is 5.45. The maximum absolute atomic E-state index is 12.9. The molecule has 0 radical (unpaired) electrons. The Morgan fingerprint density at radius 3 is 2.57 bits per heavy atom. The molecule has 2 heterocycles. The van der Waals surface area contributed by atoms with Crippen LogP contribution < -0.4 is 9.47 Å². The highest BCUT2D eigenvalue weighted by Crippen LogP contribution is 2.36. The lowest BCUT2D eigenvalue weighted by atomic mass is 10.0. The molecule has 4 rings (SSSR count). The largest absolute Gasteiger partial charge is 0.457 e. The number of hydrogen-bond donors (Lipinski definition) is 0. The molecule has 154 valence electrons. The Labute approximate surface area is 169 Å². The first-order valence-corrected chi connectivity index (χ1v) is 9.00. The van der Waals surface area contributed by atoms with Gasteiger partial charge in [-0.05, 0) is 42.3 Å². The maximum atomic E-state index is 12.9. The second-order valence-electron chi connectivity index (χ2n) is 6.61. The Morgan fingerprint density at radius 2 is 1.80 bits per heavy atom. The molecule has 1 aromatic heterocycles. The van der Waals surface area contributed by atoms with Crippen LogP contribution in [0.1, 0.15) is 29.2 Å². The van der Waals surface area contributed by atoms with Crippen molar-refractivity contribution in [3.05, 3.63) is 77.9 Å². The van der Waals surface area contributed by atoms with Crippen LogP contribution in [0.15, 0.2) is 66.3 Å². The summed E-state index contributed by atoms with van der Waals surface area (Å²) in [5, 5.41) is 3.94. The average molecular weight is 415 g/mol. The molecule has 0 aliphatic carbocycles. The number of ether oxygens (including phenoxy) is 2. The summed E-state index contributed by atoms with van der Waals surface area (Å²) in [4.78, 5) is 13.2. The van der Waals surface area contributed by atoms with E-state index in [9.17, 15) is 13.2 Å². The number of rotatable bonds is 4. The lowest BCUT2D eigenvalue weighted by molar-refractivity contribution is -0.137. The molecule has 0 fully saturated rings. The van der Waals surface area contributed by atoms with Crippen LogP contribution >= 0.6 is 0 Å². The minimum absolute atomic E-state index is 0.0989. The standard InChI is InChI=1S/C21H16F3N3O3/c1-13-5-6-14(19-9-20(27-30-19)29-17-10-25-12-26-11-17)7-18(13)28-16-4-2-3-15(8-16)21(22,23)24/h2-8,10-12,19H,9H2,1H3. The Morgan fingerprint density at radius 1 is 1.00 bits per heavy atom. The molecule has 1 aliphatic heterocycles. The summed E-state index contributed by atoms with van der Waals surface area (Å²) in [5.74, 6) is 1.34. The summed E-state index contributed by atoms with van der Waals surface area (Å²) >= 11 is 0. The summed E-state index contributed by atoms with van der Waals surface area (Å²) in [6.07, 6.45) is -0.0623. The van der Waals surface area contributed by atoms with Gasteiger partial charge in [0.1, 0.15) is 17.8 Å². The van der Waals surface area contributed by atoms with E-state index in [1.807, 2.05) is 19.1 Å². The van der Waals surface area contributed by atoms with Crippen molar-refractivity contribution in [2.24, 2.45) is 5.16 Å². The van der Waals surface area contributed by atoms with Gasteiger partial charge < -0.3 is 14.3 Å². The van der Waals surface area contributed by atoms with Crippen LogP contribution in [0.5, 0.6) is 17.2 Å². The Kier molecular flexibility index (Phi) is 5.26. The third-order valence-corrected chi connectivity index (χ3v) is 4.39. The summed E-state index contributed by atoms with van der Waals surface area (Å²) in [7, 11) is 0. The summed E-state index contributed by atoms with van der Waals surface area (Å²) < 4.78 is 50.1. The van der Waals surface area contributed by atoms with E-state index in [0.29, 0.717) is 23.8 Å². The van der Waals surface area contributed by atoms with Crippen molar-refractivity contribution < 1.29 is 27.5 Å². The van der Waals surface area contributed by atoms with E-state index in [2.05, 4.69) is 15.1 Å². The van der Waals surface area contributed by atoms with Crippen molar-refractivity contribution in [3.63, 3.8) is 0 Å². The van der Waals surface area contributed by atoms with Crippen LogP contribution in [0, 0.1) is 6.92 Å². The molecule has 30 heavy (non-hydrogen) atoms. The zero-order valence-electron chi connectivity index (χ0n) is 15.8. The third-order valence-electron chi connectivity index (χ3n) is 4.39. The van der Waals surface area contributed by atoms with Crippen molar-refractivity contribution in [1.29, 1.82) is 0 Å².